The summed E-state index contributed by atoms with van der Waals surface area (Å²) in [4.78, 5) is 27.3. The number of aryl methyl sites for hydroxylation is 2. The van der Waals surface area contributed by atoms with Crippen molar-refractivity contribution in [2.75, 3.05) is 10.0 Å². The molecule has 13 nitrogen and oxygen atoms in total. The van der Waals surface area contributed by atoms with Gasteiger partial charge in [-0.05, 0) is 36.1 Å². The second-order valence-electron chi connectivity index (χ2n) is 6.37. The number of amides is 1. The number of thiazole rings is 1. The van der Waals surface area contributed by atoms with Gasteiger partial charge in [-0.15, -0.1) is 11.3 Å². The number of fused-ring (bicyclic) bond motifs is 1. The van der Waals surface area contributed by atoms with Crippen LogP contribution in [-0.4, -0.2) is 39.1 Å². The maximum atomic E-state index is 12.8. The van der Waals surface area contributed by atoms with Crippen LogP contribution in [0.25, 0.3) is 0 Å². The number of rotatable bonds is 6. The minimum atomic E-state index is -3.82. The zero-order chi connectivity index (χ0) is 22.3. The largest absolute Gasteiger partial charge is 0.436 e. The van der Waals surface area contributed by atoms with Gasteiger partial charge in [0.25, 0.3) is 15.7 Å². The van der Waals surface area contributed by atoms with E-state index >= 15 is 0 Å². The Kier molecular flexibility index (Phi) is 4.90. The number of nitrogens with one attached hydrogen (secondary N) is 3. The lowest BCUT2D eigenvalue weighted by Gasteiger charge is -2.07. The highest BCUT2D eigenvalue weighted by molar-refractivity contribution is 7.93. The molecule has 0 aliphatic heterocycles. The lowest BCUT2D eigenvalue weighted by molar-refractivity contribution is -0.682. The van der Waals surface area contributed by atoms with Crippen molar-refractivity contribution >= 4 is 43.9 Å². The molecule has 0 aliphatic carbocycles. The van der Waals surface area contributed by atoms with Gasteiger partial charge in [-0.25, -0.2) is 13.4 Å². The van der Waals surface area contributed by atoms with Crippen molar-refractivity contribution in [2.24, 2.45) is 0 Å². The quantitative estimate of drug-likeness (QED) is 0.220. The first-order valence-electron chi connectivity index (χ1n) is 8.66. The van der Waals surface area contributed by atoms with E-state index in [2.05, 4.69) is 25.2 Å². The Balaban J connectivity index is 1.58. The molecule has 3 heterocycles. The Morgan fingerprint density at radius 1 is 1.29 bits per heavy atom. The number of carbonyl (C=O) groups excluding carboxylic acids is 1. The summed E-state index contributed by atoms with van der Waals surface area (Å²) < 4.78 is 29.3. The lowest BCUT2D eigenvalue weighted by atomic mass is 10.3. The van der Waals surface area contributed by atoms with Crippen LogP contribution in [0.5, 0.6) is 0 Å². The molecule has 0 radical (unpaired) electrons. The number of carbonyl (C=O) groups is 1. The Hall–Kier alpha value is -3.85. The summed E-state index contributed by atoms with van der Waals surface area (Å²) in [5.41, 5.74) is 0.895. The molecule has 15 heteroatoms. The van der Waals surface area contributed by atoms with Crippen LogP contribution < -0.4 is 14.7 Å². The third-order valence-electron chi connectivity index (χ3n) is 4.25. The van der Waals surface area contributed by atoms with Gasteiger partial charge in [-0.1, -0.05) is 0 Å². The van der Waals surface area contributed by atoms with Gasteiger partial charge in [-0.2, -0.15) is 5.10 Å². The number of benzene rings is 1. The predicted molar refractivity (Wildman–Crippen MR) is 109 cm³/mol. The molecule has 1 aromatic carbocycles. The number of anilines is 2. The third kappa shape index (κ3) is 3.71. The van der Waals surface area contributed by atoms with Crippen molar-refractivity contribution in [3.8, 4) is 0 Å². The van der Waals surface area contributed by atoms with Gasteiger partial charge in [0.05, 0.1) is 4.90 Å². The van der Waals surface area contributed by atoms with Crippen molar-refractivity contribution in [3.05, 3.63) is 63.0 Å². The highest BCUT2D eigenvalue weighted by atomic mass is 32.2. The van der Waals surface area contributed by atoms with Gasteiger partial charge in [0.15, 0.2) is 15.5 Å². The Labute approximate surface area is 178 Å². The van der Waals surface area contributed by atoms with Crippen LogP contribution in [0.3, 0.4) is 0 Å². The lowest BCUT2D eigenvalue weighted by Crippen LogP contribution is -2.37. The minimum Gasteiger partial charge on any atom is -0.358 e. The SMILES string of the molecule is Cc1nn2c([N+](=O)[O-])c(C)[nH][n+]2c1C(=O)Nc1ccc(S(=O)(=O)Nc2nccs2)cc1. The summed E-state index contributed by atoms with van der Waals surface area (Å²) in [5, 5.41) is 22.5. The number of sulfonamides is 1. The van der Waals surface area contributed by atoms with E-state index in [1.165, 1.54) is 42.0 Å². The molecule has 31 heavy (non-hydrogen) atoms. The molecule has 0 bridgehead atoms. The topological polar surface area (TPSA) is 168 Å². The molecule has 0 aliphatic rings. The molecule has 3 N–H and O–H groups in total. The molecule has 0 saturated carbocycles. The highest BCUT2D eigenvalue weighted by Crippen LogP contribution is 2.20. The molecular formula is C16H15N8O5S2+. The third-order valence-corrected chi connectivity index (χ3v) is 6.42. The fourth-order valence-corrected chi connectivity index (χ4v) is 4.70. The molecule has 0 spiro atoms. The molecule has 3 aromatic heterocycles. The number of nitrogens with zero attached hydrogens (tertiary/aromatic N) is 5. The van der Waals surface area contributed by atoms with Crippen molar-refractivity contribution < 1.29 is 22.8 Å². The van der Waals surface area contributed by atoms with E-state index in [0.29, 0.717) is 5.69 Å². The van der Waals surface area contributed by atoms with Crippen molar-refractivity contribution in [1.29, 1.82) is 0 Å². The monoisotopic (exact) mass is 463 g/mol. The average Bonchev–Trinajstić information content (AvgIpc) is 3.37. The molecule has 0 atom stereocenters. The number of nitro groups is 1. The van der Waals surface area contributed by atoms with Crippen molar-refractivity contribution in [2.45, 2.75) is 18.7 Å². The maximum Gasteiger partial charge on any atom is 0.436 e. The molecular weight excluding hydrogens is 448 g/mol. The van der Waals surface area contributed by atoms with E-state index in [4.69, 9.17) is 0 Å². The number of hydrogen-bond donors (Lipinski definition) is 3. The smallest absolute Gasteiger partial charge is 0.358 e. The molecule has 0 unspecified atom stereocenters. The standard InChI is InChI=1S/C16H14N8O5S2/c1-9-13(22-20-10(2)15(24(26)27)23(22)19-9)14(25)18-11-3-5-12(6-4-11)31(28,29)21-16-17-7-8-30-16/h3-8H,1-2H3,(H2-,17,18,19,20,21,25)/p+1. The first-order chi connectivity index (χ1) is 14.7. The van der Waals surface area contributed by atoms with E-state index in [1.54, 1.807) is 12.3 Å². The van der Waals surface area contributed by atoms with E-state index in [1.807, 2.05) is 0 Å². The second-order valence-corrected chi connectivity index (χ2v) is 8.95. The molecule has 0 saturated heterocycles. The summed E-state index contributed by atoms with van der Waals surface area (Å²) in [6.45, 7) is 3.04. The number of aromatic nitrogens is 5. The summed E-state index contributed by atoms with van der Waals surface area (Å²) in [7, 11) is -3.82. The second kappa shape index (κ2) is 7.44. The van der Waals surface area contributed by atoms with E-state index in [0.717, 1.165) is 16.0 Å². The van der Waals surface area contributed by atoms with Gasteiger partial charge in [0.1, 0.15) is 5.10 Å². The normalized spacial score (nSPS) is 11.5. The van der Waals surface area contributed by atoms with Crippen LogP contribution in [0.4, 0.5) is 16.6 Å². The first kappa shape index (κ1) is 20.4. The van der Waals surface area contributed by atoms with Crippen LogP contribution in [0.1, 0.15) is 21.9 Å². The van der Waals surface area contributed by atoms with Crippen LogP contribution in [0.2, 0.25) is 0 Å². The fourth-order valence-electron chi connectivity index (χ4n) is 2.91. The zero-order valence-electron chi connectivity index (χ0n) is 16.1. The van der Waals surface area contributed by atoms with Gasteiger partial charge < -0.3 is 15.4 Å². The van der Waals surface area contributed by atoms with E-state index in [-0.39, 0.29) is 32.9 Å². The summed E-state index contributed by atoms with van der Waals surface area (Å²) in [6.07, 6.45) is 1.48. The molecule has 0 fully saturated rings. The van der Waals surface area contributed by atoms with Gasteiger partial charge in [-0.3, -0.25) is 9.52 Å². The predicted octanol–water partition coefficient (Wildman–Crippen LogP) is 1.28. The minimum absolute atomic E-state index is 0.00482. The van der Waals surface area contributed by atoms with Crippen molar-refractivity contribution in [3.63, 3.8) is 0 Å². The first-order valence-corrected chi connectivity index (χ1v) is 11.0. The van der Waals surface area contributed by atoms with Crippen LogP contribution in [0.15, 0.2) is 40.7 Å². The average molecular weight is 463 g/mol. The van der Waals surface area contributed by atoms with Gasteiger partial charge in [0.2, 0.25) is 0 Å². The Bertz CT molecular complexity index is 1400. The zero-order valence-corrected chi connectivity index (χ0v) is 17.7. The van der Waals surface area contributed by atoms with Crippen LogP contribution in [0, 0.1) is 24.0 Å². The molecule has 160 valence electrons. The molecule has 1 amide bonds. The van der Waals surface area contributed by atoms with E-state index in [9.17, 15) is 23.3 Å². The maximum absolute atomic E-state index is 12.8. The number of hydrogen-bond acceptors (Lipinski definition) is 8. The number of aromatic amines is 1. The van der Waals surface area contributed by atoms with Crippen LogP contribution >= 0.6 is 11.3 Å². The Morgan fingerprint density at radius 3 is 2.61 bits per heavy atom. The molecule has 4 rings (SSSR count). The summed E-state index contributed by atoms with van der Waals surface area (Å²) in [5.74, 6) is -0.866. The summed E-state index contributed by atoms with van der Waals surface area (Å²) >= 11 is 1.15. The van der Waals surface area contributed by atoms with Gasteiger partial charge >= 0.3 is 17.4 Å². The summed E-state index contributed by atoms with van der Waals surface area (Å²) in [6, 6.07) is 5.53. The molecule has 4 aromatic rings. The van der Waals surface area contributed by atoms with Crippen molar-refractivity contribution in [1.82, 2.24) is 19.8 Å². The fraction of sp³-hybridized carbons (Fsp3) is 0.125. The van der Waals surface area contributed by atoms with Gasteiger partial charge in [0, 0.05) is 28.8 Å². The van der Waals surface area contributed by atoms with E-state index < -0.39 is 20.9 Å². The van der Waals surface area contributed by atoms with Crippen LogP contribution in [-0.2, 0) is 10.0 Å². The highest BCUT2D eigenvalue weighted by Gasteiger charge is 2.37. The Morgan fingerprint density at radius 2 is 2.00 bits per heavy atom. The number of H-pyrrole nitrogens is 1.